The molecule has 3 aromatic rings. The summed E-state index contributed by atoms with van der Waals surface area (Å²) in [4.78, 5) is 4.76. The molecule has 2 heteroatoms. The van der Waals surface area contributed by atoms with Crippen LogP contribution in [0.2, 0.25) is 5.02 Å². The predicted molar refractivity (Wildman–Crippen MR) is 81.7 cm³/mol. The summed E-state index contributed by atoms with van der Waals surface area (Å²) in [5.74, 6) is 0. The topological polar surface area (TPSA) is 12.9 Å². The van der Waals surface area contributed by atoms with Crippen molar-refractivity contribution in [3.8, 4) is 11.3 Å². The van der Waals surface area contributed by atoms with Crippen LogP contribution in [-0.4, -0.2) is 4.98 Å². The lowest BCUT2D eigenvalue weighted by atomic mass is 9.99. The normalized spacial score (nSPS) is 10.9. The molecule has 0 unspecified atom stereocenters. The SMILES string of the molecule is Cc1nc(-c2ccc(Cl)cc2)c(C)c2ccccc12. The maximum Gasteiger partial charge on any atom is 0.0740 e. The van der Waals surface area contributed by atoms with E-state index in [1.54, 1.807) is 0 Å². The quantitative estimate of drug-likeness (QED) is 0.593. The summed E-state index contributed by atoms with van der Waals surface area (Å²) in [7, 11) is 0. The summed E-state index contributed by atoms with van der Waals surface area (Å²) in [5, 5.41) is 3.23. The van der Waals surface area contributed by atoms with E-state index in [9.17, 15) is 0 Å². The van der Waals surface area contributed by atoms with Crippen molar-refractivity contribution in [2.24, 2.45) is 0 Å². The van der Waals surface area contributed by atoms with E-state index in [-0.39, 0.29) is 0 Å². The van der Waals surface area contributed by atoms with E-state index in [0.717, 1.165) is 22.0 Å². The highest BCUT2D eigenvalue weighted by molar-refractivity contribution is 6.30. The van der Waals surface area contributed by atoms with Crippen LogP contribution in [0.25, 0.3) is 22.0 Å². The standard InChI is InChI=1S/C17H14ClN/c1-11-15-5-3-4-6-16(15)12(2)19-17(11)13-7-9-14(18)10-8-13/h3-10H,1-2H3. The molecule has 0 atom stereocenters. The second kappa shape index (κ2) is 4.67. The van der Waals surface area contributed by atoms with E-state index in [1.165, 1.54) is 16.3 Å². The summed E-state index contributed by atoms with van der Waals surface area (Å²) < 4.78 is 0. The first kappa shape index (κ1) is 12.2. The van der Waals surface area contributed by atoms with Crippen LogP contribution >= 0.6 is 11.6 Å². The highest BCUT2D eigenvalue weighted by Gasteiger charge is 2.09. The van der Waals surface area contributed by atoms with Gasteiger partial charge < -0.3 is 0 Å². The lowest BCUT2D eigenvalue weighted by Crippen LogP contribution is -1.94. The third-order valence-corrected chi connectivity index (χ3v) is 3.73. The molecule has 0 spiro atoms. The maximum absolute atomic E-state index is 5.94. The minimum absolute atomic E-state index is 0.749. The van der Waals surface area contributed by atoms with Gasteiger partial charge in [0.15, 0.2) is 0 Å². The molecule has 1 aromatic heterocycles. The van der Waals surface area contributed by atoms with Gasteiger partial charge in [0.25, 0.3) is 0 Å². The zero-order chi connectivity index (χ0) is 13.4. The Labute approximate surface area is 117 Å². The number of hydrogen-bond acceptors (Lipinski definition) is 1. The van der Waals surface area contributed by atoms with E-state index < -0.39 is 0 Å². The van der Waals surface area contributed by atoms with Crippen molar-refractivity contribution in [3.05, 3.63) is 64.8 Å². The number of halogens is 1. The van der Waals surface area contributed by atoms with Gasteiger partial charge in [0.2, 0.25) is 0 Å². The van der Waals surface area contributed by atoms with Crippen LogP contribution in [0.4, 0.5) is 0 Å². The number of aromatic nitrogens is 1. The molecule has 0 aliphatic rings. The molecule has 0 N–H and O–H groups in total. The zero-order valence-corrected chi connectivity index (χ0v) is 11.7. The Bertz CT molecular complexity index is 745. The molecular formula is C17H14ClN. The van der Waals surface area contributed by atoms with Gasteiger partial charge in [0.05, 0.1) is 5.69 Å². The Morgan fingerprint density at radius 3 is 2.16 bits per heavy atom. The number of nitrogens with zero attached hydrogens (tertiary/aromatic N) is 1. The largest absolute Gasteiger partial charge is 0.252 e. The number of rotatable bonds is 1. The van der Waals surface area contributed by atoms with Gasteiger partial charge in [-0.15, -0.1) is 0 Å². The number of fused-ring (bicyclic) bond motifs is 1. The van der Waals surface area contributed by atoms with Crippen molar-refractivity contribution in [1.82, 2.24) is 4.98 Å². The fourth-order valence-electron chi connectivity index (χ4n) is 2.45. The number of hydrogen-bond donors (Lipinski definition) is 0. The summed E-state index contributed by atoms with van der Waals surface area (Å²) in [6.45, 7) is 4.18. The molecule has 0 saturated heterocycles. The monoisotopic (exact) mass is 267 g/mol. The highest BCUT2D eigenvalue weighted by atomic mass is 35.5. The van der Waals surface area contributed by atoms with Crippen molar-refractivity contribution in [1.29, 1.82) is 0 Å². The lowest BCUT2D eigenvalue weighted by Gasteiger charge is -2.11. The molecule has 19 heavy (non-hydrogen) atoms. The van der Waals surface area contributed by atoms with Crippen molar-refractivity contribution >= 4 is 22.4 Å². The Morgan fingerprint density at radius 2 is 1.47 bits per heavy atom. The summed E-state index contributed by atoms with van der Waals surface area (Å²) >= 11 is 5.94. The van der Waals surface area contributed by atoms with Crippen LogP contribution in [0.15, 0.2) is 48.5 Å². The Morgan fingerprint density at radius 1 is 0.842 bits per heavy atom. The van der Waals surface area contributed by atoms with Gasteiger partial charge in [0.1, 0.15) is 0 Å². The molecule has 0 aliphatic carbocycles. The molecule has 0 amide bonds. The van der Waals surface area contributed by atoms with E-state index >= 15 is 0 Å². The molecule has 0 bridgehead atoms. The van der Waals surface area contributed by atoms with E-state index in [2.05, 4.69) is 38.1 Å². The minimum atomic E-state index is 0.749. The van der Waals surface area contributed by atoms with Gasteiger partial charge in [-0.25, -0.2) is 0 Å². The minimum Gasteiger partial charge on any atom is -0.252 e. The predicted octanol–water partition coefficient (Wildman–Crippen LogP) is 5.17. The number of pyridine rings is 1. The van der Waals surface area contributed by atoms with Crippen LogP contribution in [0, 0.1) is 13.8 Å². The van der Waals surface area contributed by atoms with E-state index in [4.69, 9.17) is 16.6 Å². The smallest absolute Gasteiger partial charge is 0.0740 e. The Kier molecular flexibility index (Phi) is 3.00. The van der Waals surface area contributed by atoms with Crippen LogP contribution in [0.1, 0.15) is 11.3 Å². The molecule has 0 aliphatic heterocycles. The lowest BCUT2D eigenvalue weighted by molar-refractivity contribution is 1.21. The molecule has 94 valence electrons. The third-order valence-electron chi connectivity index (χ3n) is 3.47. The molecule has 3 rings (SSSR count). The van der Waals surface area contributed by atoms with Crippen molar-refractivity contribution in [2.75, 3.05) is 0 Å². The zero-order valence-electron chi connectivity index (χ0n) is 10.9. The van der Waals surface area contributed by atoms with Crippen LogP contribution in [0.3, 0.4) is 0 Å². The summed E-state index contributed by atoms with van der Waals surface area (Å²) in [5.41, 5.74) is 4.42. The van der Waals surface area contributed by atoms with Crippen molar-refractivity contribution in [3.63, 3.8) is 0 Å². The molecule has 2 aromatic carbocycles. The first-order valence-electron chi connectivity index (χ1n) is 6.28. The Balaban J connectivity index is 2.30. The summed E-state index contributed by atoms with van der Waals surface area (Å²) in [6.07, 6.45) is 0. The molecule has 1 nitrogen and oxygen atoms in total. The van der Waals surface area contributed by atoms with Crippen molar-refractivity contribution < 1.29 is 0 Å². The summed E-state index contributed by atoms with van der Waals surface area (Å²) in [6, 6.07) is 16.2. The van der Waals surface area contributed by atoms with Gasteiger partial charge in [0, 0.05) is 21.7 Å². The number of benzene rings is 2. The maximum atomic E-state index is 5.94. The van der Waals surface area contributed by atoms with Gasteiger partial charge in [-0.3, -0.25) is 4.98 Å². The molecule has 0 radical (unpaired) electrons. The van der Waals surface area contributed by atoms with Crippen LogP contribution in [0.5, 0.6) is 0 Å². The first-order chi connectivity index (χ1) is 9.16. The third kappa shape index (κ3) is 2.11. The fraction of sp³-hybridized carbons (Fsp3) is 0.118. The van der Waals surface area contributed by atoms with Gasteiger partial charge in [-0.2, -0.15) is 0 Å². The Hall–Kier alpha value is -1.86. The average Bonchev–Trinajstić information content (AvgIpc) is 2.44. The average molecular weight is 268 g/mol. The fourth-order valence-corrected chi connectivity index (χ4v) is 2.58. The van der Waals surface area contributed by atoms with Crippen LogP contribution < -0.4 is 0 Å². The van der Waals surface area contributed by atoms with Gasteiger partial charge in [-0.1, -0.05) is 48.0 Å². The number of aryl methyl sites for hydroxylation is 2. The molecule has 0 fully saturated rings. The van der Waals surface area contributed by atoms with Gasteiger partial charge >= 0.3 is 0 Å². The van der Waals surface area contributed by atoms with E-state index in [0.29, 0.717) is 0 Å². The molecule has 0 saturated carbocycles. The van der Waals surface area contributed by atoms with Crippen molar-refractivity contribution in [2.45, 2.75) is 13.8 Å². The highest BCUT2D eigenvalue weighted by Crippen LogP contribution is 2.29. The van der Waals surface area contributed by atoms with Crippen LogP contribution in [-0.2, 0) is 0 Å². The second-order valence-corrected chi connectivity index (χ2v) is 5.16. The van der Waals surface area contributed by atoms with Gasteiger partial charge in [-0.05, 0) is 36.9 Å². The first-order valence-corrected chi connectivity index (χ1v) is 6.66. The second-order valence-electron chi connectivity index (χ2n) is 4.72. The molecule has 1 heterocycles. The molecular weight excluding hydrogens is 254 g/mol. The van der Waals surface area contributed by atoms with E-state index in [1.807, 2.05) is 24.3 Å².